The lowest BCUT2D eigenvalue weighted by Gasteiger charge is -2.32. The van der Waals surface area contributed by atoms with E-state index in [1.165, 1.54) is 12.8 Å². The van der Waals surface area contributed by atoms with Crippen molar-refractivity contribution in [1.29, 1.82) is 0 Å². The Morgan fingerprint density at radius 3 is 1.95 bits per heavy atom. The van der Waals surface area contributed by atoms with Gasteiger partial charge in [-0.3, -0.25) is 0 Å². The van der Waals surface area contributed by atoms with Crippen LogP contribution in [0.4, 0.5) is 4.79 Å². The molecule has 0 radical (unpaired) electrons. The van der Waals surface area contributed by atoms with E-state index in [2.05, 4.69) is 15.0 Å². The van der Waals surface area contributed by atoms with Crippen molar-refractivity contribution in [3.05, 3.63) is 59.7 Å². The molecule has 10 heteroatoms. The van der Waals surface area contributed by atoms with Crippen molar-refractivity contribution in [2.75, 3.05) is 32.8 Å². The summed E-state index contributed by atoms with van der Waals surface area (Å²) in [6.07, 6.45) is 4.86. The molecule has 0 aliphatic carbocycles. The first-order chi connectivity index (χ1) is 19.1. The molecule has 0 saturated carbocycles. The Kier molecular flexibility index (Phi) is 11.6. The van der Waals surface area contributed by atoms with Crippen LogP contribution in [-0.4, -0.2) is 66.3 Å². The van der Waals surface area contributed by atoms with Crippen LogP contribution >= 0.6 is 0 Å². The molecule has 40 heavy (non-hydrogen) atoms. The molecule has 218 valence electrons. The van der Waals surface area contributed by atoms with Gasteiger partial charge in [0.2, 0.25) is 0 Å². The van der Waals surface area contributed by atoms with E-state index in [4.69, 9.17) is 30.9 Å². The fourth-order valence-corrected chi connectivity index (χ4v) is 4.49. The van der Waals surface area contributed by atoms with Crippen LogP contribution in [-0.2, 0) is 4.74 Å². The van der Waals surface area contributed by atoms with E-state index >= 15 is 0 Å². The molecule has 3 rings (SSSR count). The van der Waals surface area contributed by atoms with Gasteiger partial charge in [-0.2, -0.15) is 4.99 Å². The van der Waals surface area contributed by atoms with Gasteiger partial charge >= 0.3 is 6.09 Å². The van der Waals surface area contributed by atoms with Gasteiger partial charge < -0.3 is 35.8 Å². The van der Waals surface area contributed by atoms with Crippen molar-refractivity contribution in [3.8, 4) is 11.5 Å². The molecule has 10 nitrogen and oxygen atoms in total. The van der Waals surface area contributed by atoms with Crippen LogP contribution < -0.4 is 20.9 Å². The molecule has 1 aliphatic heterocycles. The second-order valence-electron chi connectivity index (χ2n) is 11.0. The predicted octanol–water partition coefficient (Wildman–Crippen LogP) is 4.76. The summed E-state index contributed by atoms with van der Waals surface area (Å²) in [7, 11) is 0. The second-order valence-corrected chi connectivity index (χ2v) is 11.0. The normalized spacial score (nSPS) is 15.6. The van der Waals surface area contributed by atoms with Crippen LogP contribution in [0.25, 0.3) is 0 Å². The van der Waals surface area contributed by atoms with E-state index in [0.29, 0.717) is 24.3 Å². The lowest BCUT2D eigenvalue weighted by Crippen LogP contribution is -2.35. The number of rotatable bonds is 12. The maximum atomic E-state index is 11.8. The molecule has 1 fully saturated rings. The van der Waals surface area contributed by atoms with Crippen molar-refractivity contribution in [3.63, 3.8) is 0 Å². The zero-order valence-electron chi connectivity index (χ0n) is 23.8. The molecule has 1 aliphatic rings. The van der Waals surface area contributed by atoms with Gasteiger partial charge in [-0.1, -0.05) is 5.16 Å². The van der Waals surface area contributed by atoms with Gasteiger partial charge in [0.15, 0.2) is 5.84 Å². The van der Waals surface area contributed by atoms with Crippen LogP contribution in [0.3, 0.4) is 0 Å². The van der Waals surface area contributed by atoms with Crippen molar-refractivity contribution in [2.24, 2.45) is 27.5 Å². The zero-order chi connectivity index (χ0) is 29.0. The van der Waals surface area contributed by atoms with E-state index in [-0.39, 0.29) is 11.7 Å². The third-order valence-corrected chi connectivity index (χ3v) is 6.63. The number of nitrogens with zero attached hydrogens (tertiary/aromatic N) is 3. The highest BCUT2D eigenvalue weighted by Gasteiger charge is 2.19. The Balaban J connectivity index is 1.26. The second kappa shape index (κ2) is 15.1. The summed E-state index contributed by atoms with van der Waals surface area (Å²) in [5.41, 5.74) is 12.2. The van der Waals surface area contributed by atoms with E-state index < -0.39 is 11.7 Å². The van der Waals surface area contributed by atoms with Crippen LogP contribution in [0, 0.1) is 5.92 Å². The van der Waals surface area contributed by atoms with Gasteiger partial charge in [0.25, 0.3) is 0 Å². The summed E-state index contributed by atoms with van der Waals surface area (Å²) in [6.45, 7) is 9.93. The first-order valence-electron chi connectivity index (χ1n) is 13.9. The summed E-state index contributed by atoms with van der Waals surface area (Å²) in [5.74, 6) is 2.48. The average Bonchev–Trinajstić information content (AvgIpc) is 2.93. The predicted molar refractivity (Wildman–Crippen MR) is 156 cm³/mol. The molecule has 0 atom stereocenters. The maximum Gasteiger partial charge on any atom is 0.436 e. The molecule has 0 unspecified atom stereocenters. The third kappa shape index (κ3) is 10.8. The van der Waals surface area contributed by atoms with Crippen LogP contribution in [0.15, 0.2) is 58.7 Å². The molecule has 1 heterocycles. The number of amidine groups is 2. The Hall–Kier alpha value is -3.79. The minimum absolute atomic E-state index is 0.0869. The number of oxime groups is 1. The van der Waals surface area contributed by atoms with Crippen LogP contribution in [0.2, 0.25) is 0 Å². The van der Waals surface area contributed by atoms with E-state index in [9.17, 15) is 4.79 Å². The van der Waals surface area contributed by atoms with Gasteiger partial charge in [-0.15, -0.1) is 0 Å². The number of likely N-dealkylation sites (tertiary alicyclic amines) is 1. The molecule has 1 saturated heterocycles. The zero-order valence-corrected chi connectivity index (χ0v) is 23.8. The summed E-state index contributed by atoms with van der Waals surface area (Å²) >= 11 is 0. The minimum atomic E-state index is -0.703. The van der Waals surface area contributed by atoms with E-state index in [1.54, 1.807) is 45.0 Å². The first-order valence-corrected chi connectivity index (χ1v) is 13.9. The largest absolute Gasteiger partial charge is 0.494 e. The van der Waals surface area contributed by atoms with Crippen molar-refractivity contribution in [2.45, 2.75) is 58.5 Å². The number of ether oxygens (including phenoxy) is 3. The average molecular weight is 554 g/mol. The molecule has 0 bridgehead atoms. The molecular weight excluding hydrogens is 510 g/mol. The van der Waals surface area contributed by atoms with Crippen LogP contribution in [0.5, 0.6) is 11.5 Å². The van der Waals surface area contributed by atoms with E-state index in [0.717, 1.165) is 56.3 Å². The minimum Gasteiger partial charge on any atom is -0.494 e. The molecule has 2 aromatic carbocycles. The van der Waals surface area contributed by atoms with Gasteiger partial charge in [0, 0.05) is 17.7 Å². The molecule has 1 amide bonds. The smallest absolute Gasteiger partial charge is 0.436 e. The molecule has 0 spiro atoms. The summed E-state index contributed by atoms with van der Waals surface area (Å²) in [6, 6.07) is 14.5. The van der Waals surface area contributed by atoms with Gasteiger partial charge in [-0.05, 0) is 120 Å². The topological polar surface area (TPSA) is 145 Å². The molecule has 0 aromatic heterocycles. The monoisotopic (exact) mass is 553 g/mol. The quantitative estimate of drug-likeness (QED) is 0.112. The van der Waals surface area contributed by atoms with Gasteiger partial charge in [0.05, 0.1) is 13.2 Å². The number of amides is 1. The maximum absolute atomic E-state index is 11.8. The highest BCUT2D eigenvalue weighted by atomic mass is 16.6. The lowest BCUT2D eigenvalue weighted by atomic mass is 9.92. The number of nitrogens with two attached hydrogens (primary N) is 2. The number of hydrogen-bond acceptors (Lipinski definition) is 7. The number of hydrogen-bond donors (Lipinski definition) is 3. The first kappa shape index (κ1) is 30.7. The van der Waals surface area contributed by atoms with Crippen molar-refractivity contribution < 1.29 is 24.2 Å². The standard InChI is InChI=1S/C30H43N5O5/c1-30(2,3)40-29(36)33-27(31)23-7-11-25(12-8-23)38-20-4-6-22-15-18-35(19-16-22)17-5-21-39-26-13-9-24(10-14-26)28(32)34-37/h7-14,22,37H,4-6,15-21H2,1-3H3,(H2,32,34)(H2,31,33,36). The lowest BCUT2D eigenvalue weighted by molar-refractivity contribution is 0.0604. The Labute approximate surface area is 237 Å². The molecule has 5 N–H and O–H groups in total. The SMILES string of the molecule is CC(C)(C)OC(=O)N=C(N)c1ccc(OCCCC2CCN(CCCOc3ccc(/C(N)=N\O)cc3)CC2)cc1. The van der Waals surface area contributed by atoms with E-state index in [1.807, 2.05) is 24.3 Å². The third-order valence-electron chi connectivity index (χ3n) is 6.63. The number of carbonyl (C=O) groups excluding carboxylic acids is 1. The number of benzene rings is 2. The van der Waals surface area contributed by atoms with Gasteiger partial charge in [0.1, 0.15) is 22.9 Å². The molecule has 2 aromatic rings. The fourth-order valence-electron chi connectivity index (χ4n) is 4.49. The molecular formula is C30H43N5O5. The highest BCUT2D eigenvalue weighted by molar-refractivity contribution is 6.02. The highest BCUT2D eigenvalue weighted by Crippen LogP contribution is 2.23. The number of piperidine rings is 1. The number of carbonyl (C=O) groups is 1. The fraction of sp³-hybridized carbons (Fsp3) is 0.500. The summed E-state index contributed by atoms with van der Waals surface area (Å²) in [4.78, 5) is 18.2. The van der Waals surface area contributed by atoms with Crippen molar-refractivity contribution in [1.82, 2.24) is 4.90 Å². The Morgan fingerprint density at radius 1 is 0.900 bits per heavy atom. The Bertz CT molecular complexity index is 1120. The summed E-state index contributed by atoms with van der Waals surface area (Å²) < 4.78 is 16.9. The Morgan fingerprint density at radius 2 is 1.43 bits per heavy atom. The van der Waals surface area contributed by atoms with Gasteiger partial charge in [-0.25, -0.2) is 4.79 Å². The van der Waals surface area contributed by atoms with Crippen molar-refractivity contribution >= 4 is 17.8 Å². The summed E-state index contributed by atoms with van der Waals surface area (Å²) in [5, 5.41) is 11.7. The number of aliphatic imine (C=N–C) groups is 1. The van der Waals surface area contributed by atoms with Crippen LogP contribution in [0.1, 0.15) is 64.0 Å².